The number of alkyl carbamates (subject to hydrolysis) is 1. The van der Waals surface area contributed by atoms with E-state index in [1.54, 1.807) is 39.8 Å². The van der Waals surface area contributed by atoms with Gasteiger partial charge in [0.25, 0.3) is 0 Å². The topological polar surface area (TPSA) is 249 Å². The molecule has 19 heteroatoms. The van der Waals surface area contributed by atoms with Gasteiger partial charge in [0.1, 0.15) is 36.0 Å². The minimum absolute atomic E-state index is 0.0476. The van der Waals surface area contributed by atoms with Crippen molar-refractivity contribution in [1.82, 2.24) is 10.6 Å². The van der Waals surface area contributed by atoms with Crippen molar-refractivity contribution in [3.8, 4) is 23.0 Å². The summed E-state index contributed by atoms with van der Waals surface area (Å²) in [4.78, 5) is 48.6. The van der Waals surface area contributed by atoms with E-state index in [4.69, 9.17) is 38.9 Å². The lowest BCUT2D eigenvalue weighted by atomic mass is 9.99. The van der Waals surface area contributed by atoms with Crippen molar-refractivity contribution < 1.29 is 67.1 Å². The van der Waals surface area contributed by atoms with Crippen LogP contribution in [0.5, 0.6) is 23.0 Å². The average Bonchev–Trinajstić information content (AvgIpc) is 3.14. The van der Waals surface area contributed by atoms with Gasteiger partial charge in [-0.3, -0.25) is 14.9 Å². The number of hydrogen-bond donors (Lipinski definition) is 5. The lowest BCUT2D eigenvalue weighted by Gasteiger charge is -2.25. The SMILES string of the molecule is COCCOCOC[C@@H](NC(=O)[C@H](N)[C@H](O)c1ccc(F)c([N+](=O)[O-])c1)c1cc(OC)c(C)c(Oc2cc([C@@H](NC(=O)OC(C)(C)C)C(=O)O)ccc2OC)c1. The highest BCUT2D eigenvalue weighted by Gasteiger charge is 2.30. The Morgan fingerprint density at radius 1 is 0.893 bits per heavy atom. The van der Waals surface area contributed by atoms with Crippen molar-refractivity contribution in [3.05, 3.63) is 86.7 Å². The number of nitrogens with two attached hydrogens (primary N) is 1. The smallest absolute Gasteiger partial charge is 0.408 e. The average molecular weight is 791 g/mol. The quantitative estimate of drug-likeness (QED) is 0.0462. The molecule has 0 aliphatic carbocycles. The predicted molar refractivity (Wildman–Crippen MR) is 196 cm³/mol. The zero-order valence-electron chi connectivity index (χ0n) is 32.0. The number of hydrogen-bond acceptors (Lipinski definition) is 14. The van der Waals surface area contributed by atoms with Crippen LogP contribution < -0.4 is 30.6 Å². The molecular weight excluding hydrogens is 743 g/mol. The molecule has 18 nitrogen and oxygen atoms in total. The van der Waals surface area contributed by atoms with Crippen LogP contribution in [-0.2, 0) is 28.5 Å². The maximum atomic E-state index is 14.0. The van der Waals surface area contributed by atoms with Crippen molar-refractivity contribution in [2.24, 2.45) is 5.73 Å². The van der Waals surface area contributed by atoms with Crippen LogP contribution in [0.2, 0.25) is 0 Å². The summed E-state index contributed by atoms with van der Waals surface area (Å²) in [5.41, 5.74) is 5.08. The van der Waals surface area contributed by atoms with E-state index >= 15 is 0 Å². The lowest BCUT2D eigenvalue weighted by Crippen LogP contribution is -2.46. The fourth-order valence-corrected chi connectivity index (χ4v) is 5.11. The number of carbonyl (C=O) groups excluding carboxylic acids is 2. The normalized spacial score (nSPS) is 13.5. The van der Waals surface area contributed by atoms with E-state index in [1.807, 2.05) is 0 Å². The number of aliphatic carboxylic acids is 1. The third-order valence-electron chi connectivity index (χ3n) is 7.96. The molecule has 3 aromatic rings. The Labute approximate surface area is 322 Å². The van der Waals surface area contributed by atoms with Crippen LogP contribution in [0.1, 0.15) is 61.2 Å². The summed E-state index contributed by atoms with van der Waals surface area (Å²) in [5, 5.41) is 37.2. The van der Waals surface area contributed by atoms with Gasteiger partial charge in [-0.1, -0.05) is 12.1 Å². The molecule has 0 fully saturated rings. The first-order chi connectivity index (χ1) is 26.4. The van der Waals surface area contributed by atoms with Crippen LogP contribution in [0.25, 0.3) is 0 Å². The van der Waals surface area contributed by atoms with Gasteiger partial charge in [-0.25, -0.2) is 9.59 Å². The lowest BCUT2D eigenvalue weighted by molar-refractivity contribution is -0.387. The van der Waals surface area contributed by atoms with E-state index in [9.17, 15) is 39.1 Å². The molecule has 3 aromatic carbocycles. The molecule has 2 amide bonds. The van der Waals surface area contributed by atoms with Crippen LogP contribution in [-0.4, -0.2) is 92.7 Å². The summed E-state index contributed by atoms with van der Waals surface area (Å²) in [6.45, 7) is 6.66. The van der Waals surface area contributed by atoms with Gasteiger partial charge >= 0.3 is 17.7 Å². The van der Waals surface area contributed by atoms with Crippen LogP contribution in [0.3, 0.4) is 0 Å². The van der Waals surface area contributed by atoms with Gasteiger partial charge in [-0.15, -0.1) is 0 Å². The van der Waals surface area contributed by atoms with Crippen molar-refractivity contribution in [3.63, 3.8) is 0 Å². The Morgan fingerprint density at radius 2 is 1.54 bits per heavy atom. The molecule has 3 rings (SSSR count). The number of methoxy groups -OCH3 is 3. The Balaban J connectivity index is 2.01. The standard InChI is InChI=1S/C37H47FN4O14/c1-20-28(52-7)16-23(17-29(20)55-30-15-21(9-11-27(30)51-6)32(35(45)46)41-36(47)56-37(2,3)4)25(18-54-19-53-13-12-50-5)40-34(44)31(39)33(43)22-8-10-24(38)26(14-22)42(48)49/h8-11,14-17,25,31-33,43H,12-13,18-19,39H2,1-7H3,(H,40,44)(H,41,47)(H,45,46)/t25-,31-,32-,33-/m1/s1. The number of benzene rings is 3. The number of rotatable bonds is 20. The summed E-state index contributed by atoms with van der Waals surface area (Å²) < 4.78 is 52.6. The first-order valence-electron chi connectivity index (χ1n) is 17.0. The van der Waals surface area contributed by atoms with Crippen LogP contribution in [0.15, 0.2) is 48.5 Å². The van der Waals surface area contributed by atoms with Crippen LogP contribution in [0, 0.1) is 22.9 Å². The maximum Gasteiger partial charge on any atom is 0.408 e. The minimum Gasteiger partial charge on any atom is -0.496 e. The van der Waals surface area contributed by atoms with Gasteiger partial charge in [0.2, 0.25) is 11.7 Å². The molecule has 4 atom stereocenters. The third-order valence-corrected chi connectivity index (χ3v) is 7.96. The zero-order valence-corrected chi connectivity index (χ0v) is 32.0. The molecule has 0 saturated heterocycles. The summed E-state index contributed by atoms with van der Waals surface area (Å²) in [7, 11) is 4.27. The molecule has 0 bridgehead atoms. The van der Waals surface area contributed by atoms with Crippen LogP contribution >= 0.6 is 0 Å². The highest BCUT2D eigenvalue weighted by Crippen LogP contribution is 2.39. The number of halogens is 1. The second-order valence-corrected chi connectivity index (χ2v) is 13.2. The van der Waals surface area contributed by atoms with E-state index in [0.29, 0.717) is 23.5 Å². The fraction of sp³-hybridized carbons (Fsp3) is 0.432. The number of carbonyl (C=O) groups is 3. The Kier molecular flexibility index (Phi) is 16.3. The summed E-state index contributed by atoms with van der Waals surface area (Å²) >= 11 is 0. The molecule has 0 heterocycles. The van der Waals surface area contributed by atoms with Gasteiger partial charge in [-0.2, -0.15) is 4.39 Å². The number of carboxylic acids is 1. The van der Waals surface area contributed by atoms with E-state index in [2.05, 4.69) is 10.6 Å². The van der Waals surface area contributed by atoms with Crippen LogP contribution in [0.4, 0.5) is 14.9 Å². The molecule has 0 aliphatic rings. The second kappa shape index (κ2) is 20.4. The zero-order chi connectivity index (χ0) is 41.7. The highest BCUT2D eigenvalue weighted by atomic mass is 19.1. The van der Waals surface area contributed by atoms with Gasteiger partial charge in [-0.05, 0) is 74.7 Å². The summed E-state index contributed by atoms with van der Waals surface area (Å²) in [6, 6.07) is 5.79. The molecule has 56 heavy (non-hydrogen) atoms. The number of nitro benzene ring substituents is 1. The Bertz CT molecular complexity index is 1850. The Morgan fingerprint density at radius 3 is 2.14 bits per heavy atom. The number of nitro groups is 1. The minimum atomic E-state index is -1.78. The maximum absolute atomic E-state index is 14.0. The molecule has 0 aliphatic heterocycles. The van der Waals surface area contributed by atoms with Gasteiger partial charge in [0, 0.05) is 18.7 Å². The number of aliphatic hydroxyl groups is 1. The van der Waals surface area contributed by atoms with E-state index in [1.165, 1.54) is 39.5 Å². The molecule has 0 unspecified atom stereocenters. The molecule has 0 aromatic heterocycles. The van der Waals surface area contributed by atoms with Crippen molar-refractivity contribution in [2.75, 3.05) is 47.9 Å². The number of nitrogens with one attached hydrogen (secondary N) is 2. The van der Waals surface area contributed by atoms with Crippen molar-refractivity contribution in [1.29, 1.82) is 0 Å². The fourth-order valence-electron chi connectivity index (χ4n) is 5.11. The highest BCUT2D eigenvalue weighted by molar-refractivity contribution is 5.83. The molecule has 306 valence electrons. The van der Waals surface area contributed by atoms with Crippen molar-refractivity contribution >= 4 is 23.7 Å². The largest absolute Gasteiger partial charge is 0.496 e. The van der Waals surface area contributed by atoms with Gasteiger partial charge in [0.15, 0.2) is 17.5 Å². The van der Waals surface area contributed by atoms with Crippen molar-refractivity contribution in [2.45, 2.75) is 57.5 Å². The molecule has 0 saturated carbocycles. The van der Waals surface area contributed by atoms with Gasteiger partial charge < -0.3 is 59.7 Å². The number of carboxylic acid groups (broad SMARTS) is 1. The van der Waals surface area contributed by atoms with E-state index in [0.717, 1.165) is 18.2 Å². The second-order valence-electron chi connectivity index (χ2n) is 13.2. The third kappa shape index (κ3) is 12.5. The number of amides is 2. The first-order valence-corrected chi connectivity index (χ1v) is 17.0. The number of nitrogens with zero attached hydrogens (tertiary/aromatic N) is 1. The first kappa shape index (κ1) is 44.8. The number of ether oxygens (including phenoxy) is 7. The molecular formula is C37H47FN4O14. The molecule has 6 N–H and O–H groups in total. The predicted octanol–water partition coefficient (Wildman–Crippen LogP) is 4.36. The van der Waals surface area contributed by atoms with E-state index in [-0.39, 0.29) is 48.4 Å². The van der Waals surface area contributed by atoms with E-state index < -0.39 is 64.2 Å². The molecule has 0 spiro atoms. The Hall–Kier alpha value is -5.60. The molecule has 0 radical (unpaired) electrons. The number of aliphatic hydroxyl groups excluding tert-OH is 1. The summed E-state index contributed by atoms with van der Waals surface area (Å²) in [5.74, 6) is -2.72. The monoisotopic (exact) mass is 790 g/mol. The van der Waals surface area contributed by atoms with Gasteiger partial charge in [0.05, 0.1) is 45.0 Å². The summed E-state index contributed by atoms with van der Waals surface area (Å²) in [6.07, 6.45) is -2.74.